The third kappa shape index (κ3) is 3.60. The Bertz CT molecular complexity index is 1050. The normalized spacial score (nSPS) is 14.1. The fourth-order valence-electron chi connectivity index (χ4n) is 2.92. The summed E-state index contributed by atoms with van der Waals surface area (Å²) in [6, 6.07) is 20.7. The van der Waals surface area contributed by atoms with Crippen molar-refractivity contribution in [2.24, 2.45) is 0 Å². The zero-order valence-corrected chi connectivity index (χ0v) is 15.5. The molecule has 3 nitrogen and oxygen atoms in total. The Morgan fingerprint density at radius 1 is 1.04 bits per heavy atom. The predicted octanol–water partition coefficient (Wildman–Crippen LogP) is 5.84. The van der Waals surface area contributed by atoms with Crippen molar-refractivity contribution in [1.29, 1.82) is 0 Å². The van der Waals surface area contributed by atoms with Crippen molar-refractivity contribution in [2.45, 2.75) is 13.5 Å². The first kappa shape index (κ1) is 17.4. The fourth-order valence-corrected chi connectivity index (χ4v) is 3.11. The number of fused-ring (bicyclic) bond motifs is 1. The van der Waals surface area contributed by atoms with Crippen LogP contribution in [0.3, 0.4) is 0 Å². The van der Waals surface area contributed by atoms with Gasteiger partial charge in [0.15, 0.2) is 5.76 Å². The van der Waals surface area contributed by atoms with Crippen LogP contribution < -0.4 is 9.47 Å². The largest absolute Gasteiger partial charge is 0.489 e. The first-order valence-electron chi connectivity index (χ1n) is 8.62. The Labute approximate surface area is 162 Å². The molecule has 1 aliphatic heterocycles. The quantitative estimate of drug-likeness (QED) is 0.536. The zero-order valence-electron chi connectivity index (χ0n) is 14.7. The van der Waals surface area contributed by atoms with Crippen molar-refractivity contribution in [3.05, 3.63) is 99.8 Å². The van der Waals surface area contributed by atoms with E-state index in [1.165, 1.54) is 5.56 Å². The molecule has 0 fully saturated rings. The number of rotatable bonds is 4. The molecule has 0 N–H and O–H groups in total. The van der Waals surface area contributed by atoms with Crippen molar-refractivity contribution >= 4 is 23.5 Å². The lowest BCUT2D eigenvalue weighted by Gasteiger charge is -2.09. The van der Waals surface area contributed by atoms with Gasteiger partial charge in [0, 0.05) is 11.1 Å². The van der Waals surface area contributed by atoms with E-state index in [4.69, 9.17) is 21.1 Å². The predicted molar refractivity (Wildman–Crippen MR) is 106 cm³/mol. The lowest BCUT2D eigenvalue weighted by atomic mass is 10.1. The molecule has 0 radical (unpaired) electrons. The molecule has 4 heteroatoms. The van der Waals surface area contributed by atoms with Gasteiger partial charge in [-0.25, -0.2) is 0 Å². The third-order valence-corrected chi connectivity index (χ3v) is 4.83. The van der Waals surface area contributed by atoms with Gasteiger partial charge in [-0.2, -0.15) is 0 Å². The smallest absolute Gasteiger partial charge is 0.231 e. The number of hydrogen-bond donors (Lipinski definition) is 0. The van der Waals surface area contributed by atoms with Gasteiger partial charge in [0.1, 0.15) is 18.1 Å². The Kier molecular flexibility index (Phi) is 4.69. The van der Waals surface area contributed by atoms with Crippen LogP contribution in [0.1, 0.15) is 27.0 Å². The minimum Gasteiger partial charge on any atom is -0.489 e. The Hall–Kier alpha value is -3.04. The van der Waals surface area contributed by atoms with Gasteiger partial charge in [0.2, 0.25) is 5.78 Å². The average molecular weight is 377 g/mol. The van der Waals surface area contributed by atoms with Crippen LogP contribution in [0.2, 0.25) is 5.02 Å². The van der Waals surface area contributed by atoms with Crippen LogP contribution in [0.25, 0.3) is 6.08 Å². The molecule has 3 aromatic rings. The highest BCUT2D eigenvalue weighted by atomic mass is 35.5. The highest BCUT2D eigenvalue weighted by molar-refractivity contribution is 6.32. The minimum absolute atomic E-state index is 0.157. The van der Waals surface area contributed by atoms with E-state index in [1.54, 1.807) is 30.3 Å². The minimum atomic E-state index is -0.157. The van der Waals surface area contributed by atoms with Gasteiger partial charge in [-0.05, 0) is 47.9 Å². The monoisotopic (exact) mass is 376 g/mol. The second-order valence-corrected chi connectivity index (χ2v) is 6.74. The summed E-state index contributed by atoms with van der Waals surface area (Å²) in [6.45, 7) is 2.51. The van der Waals surface area contributed by atoms with Crippen LogP contribution in [0.15, 0.2) is 72.5 Å². The maximum atomic E-state index is 12.6. The lowest BCUT2D eigenvalue weighted by molar-refractivity contribution is 0.101. The SMILES string of the molecule is Cc1ccccc1COc1ccc2c(c1)OC(=Cc1ccccc1Cl)C2=O. The first-order valence-corrected chi connectivity index (χ1v) is 9.00. The van der Waals surface area contributed by atoms with Gasteiger partial charge in [0.05, 0.1) is 5.56 Å². The Balaban J connectivity index is 1.54. The number of ketones is 1. The molecular formula is C23H17ClO3. The van der Waals surface area contributed by atoms with Crippen LogP contribution in [-0.4, -0.2) is 5.78 Å². The molecule has 0 bridgehead atoms. The van der Waals surface area contributed by atoms with E-state index in [-0.39, 0.29) is 11.5 Å². The van der Waals surface area contributed by atoms with E-state index in [0.717, 1.165) is 11.1 Å². The molecule has 1 aliphatic rings. The number of ether oxygens (including phenoxy) is 2. The lowest BCUT2D eigenvalue weighted by Crippen LogP contribution is -1.98. The van der Waals surface area contributed by atoms with Crippen LogP contribution in [-0.2, 0) is 6.61 Å². The number of carbonyl (C=O) groups is 1. The van der Waals surface area contributed by atoms with Gasteiger partial charge < -0.3 is 9.47 Å². The molecule has 27 heavy (non-hydrogen) atoms. The molecule has 0 spiro atoms. The van der Waals surface area contributed by atoms with Gasteiger partial charge in [-0.15, -0.1) is 0 Å². The highest BCUT2D eigenvalue weighted by Gasteiger charge is 2.28. The summed E-state index contributed by atoms with van der Waals surface area (Å²) < 4.78 is 11.6. The van der Waals surface area contributed by atoms with Gasteiger partial charge in [-0.1, -0.05) is 54.1 Å². The number of carbonyl (C=O) groups excluding carboxylic acids is 1. The standard InChI is InChI=1S/C23H17ClO3/c1-15-6-2-3-8-17(15)14-26-18-10-11-19-21(13-18)27-22(23(19)25)12-16-7-4-5-9-20(16)24/h2-13H,14H2,1H3. The molecule has 0 saturated heterocycles. The summed E-state index contributed by atoms with van der Waals surface area (Å²) >= 11 is 6.17. The van der Waals surface area contributed by atoms with E-state index in [9.17, 15) is 4.79 Å². The Morgan fingerprint density at radius 3 is 2.63 bits per heavy atom. The molecule has 0 aliphatic carbocycles. The van der Waals surface area contributed by atoms with E-state index < -0.39 is 0 Å². The van der Waals surface area contributed by atoms with Crippen LogP contribution >= 0.6 is 11.6 Å². The van der Waals surface area contributed by atoms with Gasteiger partial charge >= 0.3 is 0 Å². The molecule has 0 aromatic heterocycles. The van der Waals surface area contributed by atoms with Gasteiger partial charge in [-0.3, -0.25) is 4.79 Å². The zero-order chi connectivity index (χ0) is 18.8. The number of benzene rings is 3. The molecule has 0 amide bonds. The van der Waals surface area contributed by atoms with E-state index in [1.807, 2.05) is 36.4 Å². The maximum absolute atomic E-state index is 12.6. The molecule has 3 aromatic carbocycles. The first-order chi connectivity index (χ1) is 13.1. The molecule has 0 atom stereocenters. The second-order valence-electron chi connectivity index (χ2n) is 6.33. The summed E-state index contributed by atoms with van der Waals surface area (Å²) in [5.74, 6) is 1.26. The Morgan fingerprint density at radius 2 is 1.81 bits per heavy atom. The van der Waals surface area contributed by atoms with E-state index in [0.29, 0.717) is 28.7 Å². The van der Waals surface area contributed by atoms with Crippen molar-refractivity contribution in [3.8, 4) is 11.5 Å². The highest BCUT2D eigenvalue weighted by Crippen LogP contribution is 2.35. The third-order valence-electron chi connectivity index (χ3n) is 4.49. The van der Waals surface area contributed by atoms with Crippen LogP contribution in [0.4, 0.5) is 0 Å². The summed E-state index contributed by atoms with van der Waals surface area (Å²) in [4.78, 5) is 12.6. The van der Waals surface area contributed by atoms with E-state index >= 15 is 0 Å². The molecule has 0 saturated carbocycles. The van der Waals surface area contributed by atoms with Gasteiger partial charge in [0.25, 0.3) is 0 Å². The summed E-state index contributed by atoms with van der Waals surface area (Å²) in [6.07, 6.45) is 1.67. The summed E-state index contributed by atoms with van der Waals surface area (Å²) in [5, 5.41) is 0.569. The molecule has 134 valence electrons. The number of halogens is 1. The molecule has 4 rings (SSSR count). The number of allylic oxidation sites excluding steroid dienone is 1. The maximum Gasteiger partial charge on any atom is 0.231 e. The number of aryl methyl sites for hydroxylation is 1. The molecule has 0 unspecified atom stereocenters. The van der Waals surface area contributed by atoms with Crippen molar-refractivity contribution in [3.63, 3.8) is 0 Å². The summed E-state index contributed by atoms with van der Waals surface area (Å²) in [7, 11) is 0. The second kappa shape index (κ2) is 7.29. The van der Waals surface area contributed by atoms with Crippen LogP contribution in [0.5, 0.6) is 11.5 Å². The summed E-state index contributed by atoms with van der Waals surface area (Å²) in [5.41, 5.74) is 3.56. The van der Waals surface area contributed by atoms with Crippen LogP contribution in [0, 0.1) is 6.92 Å². The van der Waals surface area contributed by atoms with Crippen molar-refractivity contribution in [1.82, 2.24) is 0 Å². The van der Waals surface area contributed by atoms with E-state index in [2.05, 4.69) is 13.0 Å². The molecule has 1 heterocycles. The fraction of sp³-hybridized carbons (Fsp3) is 0.0870. The average Bonchev–Trinajstić information content (AvgIpc) is 2.98. The number of hydrogen-bond acceptors (Lipinski definition) is 3. The van der Waals surface area contributed by atoms with Crippen molar-refractivity contribution in [2.75, 3.05) is 0 Å². The topological polar surface area (TPSA) is 35.5 Å². The number of Topliss-reactive ketones (excluding diaryl/α,β-unsaturated/α-hetero) is 1. The molecular weight excluding hydrogens is 360 g/mol. The van der Waals surface area contributed by atoms with Crippen molar-refractivity contribution < 1.29 is 14.3 Å².